The number of anilines is 2. The molecule has 0 saturated carbocycles. The molecule has 18 heavy (non-hydrogen) atoms. The zero-order valence-electron chi connectivity index (χ0n) is 10.0. The highest BCUT2D eigenvalue weighted by atomic mass is 16.4. The summed E-state index contributed by atoms with van der Waals surface area (Å²) in [6, 6.07) is 8.69. The minimum Gasteiger partial charge on any atom is -0.464 e. The minimum atomic E-state index is -1.13. The van der Waals surface area contributed by atoms with Gasteiger partial charge in [0.1, 0.15) is 11.6 Å². The summed E-state index contributed by atoms with van der Waals surface area (Å²) in [6.07, 6.45) is -1.13. The van der Waals surface area contributed by atoms with Crippen molar-refractivity contribution in [3.05, 3.63) is 42.0 Å². The lowest BCUT2D eigenvalue weighted by Gasteiger charge is -2.17. The molecule has 0 aliphatic heterocycles. The van der Waals surface area contributed by atoms with Crippen molar-refractivity contribution in [1.29, 1.82) is 0 Å². The van der Waals surface area contributed by atoms with E-state index < -0.39 is 6.09 Å². The largest absolute Gasteiger partial charge is 0.464 e. The van der Waals surface area contributed by atoms with E-state index in [0.717, 1.165) is 4.90 Å². The van der Waals surface area contributed by atoms with Crippen LogP contribution >= 0.6 is 0 Å². The molecule has 2 aromatic rings. The van der Waals surface area contributed by atoms with Crippen LogP contribution in [0.15, 0.2) is 30.3 Å². The monoisotopic (exact) mass is 244 g/mol. The van der Waals surface area contributed by atoms with Gasteiger partial charge in [0.2, 0.25) is 5.95 Å². The quantitative estimate of drug-likeness (QED) is 0.876. The molecule has 0 unspecified atom stereocenters. The lowest BCUT2D eigenvalue weighted by atomic mass is 10.3. The molecule has 6 heteroatoms. The van der Waals surface area contributed by atoms with Crippen LogP contribution in [-0.4, -0.2) is 26.2 Å². The van der Waals surface area contributed by atoms with Gasteiger partial charge in [-0.1, -0.05) is 18.2 Å². The predicted octanol–water partition coefficient (Wildman–Crippen LogP) is 2.30. The fourth-order valence-corrected chi connectivity index (χ4v) is 1.59. The number of hydrogen-bond donors (Lipinski definition) is 1. The number of carbonyl (C=O) groups is 1. The van der Waals surface area contributed by atoms with Gasteiger partial charge in [-0.05, 0) is 26.0 Å². The van der Waals surface area contributed by atoms with E-state index in [-0.39, 0.29) is 5.95 Å². The number of carboxylic acid groups (broad SMARTS) is 1. The van der Waals surface area contributed by atoms with Crippen LogP contribution in [0.3, 0.4) is 0 Å². The molecule has 0 aliphatic carbocycles. The Kier molecular flexibility index (Phi) is 3.18. The SMILES string of the molecule is Cc1nc(C)nc(N(C(=O)O)c2ccccc2)n1. The van der Waals surface area contributed by atoms with E-state index in [0.29, 0.717) is 17.3 Å². The van der Waals surface area contributed by atoms with Crippen molar-refractivity contribution in [3.8, 4) is 0 Å². The van der Waals surface area contributed by atoms with Crippen LogP contribution in [0.1, 0.15) is 11.6 Å². The molecular weight excluding hydrogens is 232 g/mol. The average Bonchev–Trinajstić information content (AvgIpc) is 2.28. The number of aromatic nitrogens is 3. The second-order valence-electron chi connectivity index (χ2n) is 3.68. The van der Waals surface area contributed by atoms with Crippen LogP contribution in [0, 0.1) is 13.8 Å². The van der Waals surface area contributed by atoms with E-state index in [2.05, 4.69) is 15.0 Å². The number of benzene rings is 1. The van der Waals surface area contributed by atoms with Crippen LogP contribution in [0.2, 0.25) is 0 Å². The van der Waals surface area contributed by atoms with Gasteiger partial charge < -0.3 is 5.11 Å². The molecule has 1 heterocycles. The summed E-state index contributed by atoms with van der Waals surface area (Å²) in [5, 5.41) is 9.29. The molecule has 92 valence electrons. The summed E-state index contributed by atoms with van der Waals surface area (Å²) in [5.74, 6) is 1.08. The van der Waals surface area contributed by atoms with Gasteiger partial charge in [-0.15, -0.1) is 0 Å². The van der Waals surface area contributed by atoms with Crippen molar-refractivity contribution in [2.75, 3.05) is 4.90 Å². The molecule has 1 aromatic heterocycles. The molecule has 0 atom stereocenters. The predicted molar refractivity (Wildman–Crippen MR) is 65.9 cm³/mol. The third kappa shape index (κ3) is 2.42. The molecule has 2 rings (SSSR count). The summed E-state index contributed by atoms with van der Waals surface area (Å²) in [5.41, 5.74) is 0.495. The van der Waals surface area contributed by atoms with Gasteiger partial charge in [-0.2, -0.15) is 9.97 Å². The summed E-state index contributed by atoms with van der Waals surface area (Å²) < 4.78 is 0. The van der Waals surface area contributed by atoms with E-state index in [1.165, 1.54) is 0 Å². The zero-order chi connectivity index (χ0) is 13.1. The van der Waals surface area contributed by atoms with Gasteiger partial charge in [0.25, 0.3) is 0 Å². The normalized spacial score (nSPS) is 10.1. The smallest absolute Gasteiger partial charge is 0.418 e. The fraction of sp³-hybridized carbons (Fsp3) is 0.167. The Hall–Kier alpha value is -2.50. The highest BCUT2D eigenvalue weighted by Crippen LogP contribution is 2.21. The van der Waals surface area contributed by atoms with Crippen molar-refractivity contribution < 1.29 is 9.90 Å². The van der Waals surface area contributed by atoms with Gasteiger partial charge >= 0.3 is 6.09 Å². The minimum absolute atomic E-state index is 0.110. The van der Waals surface area contributed by atoms with Crippen molar-refractivity contribution in [3.63, 3.8) is 0 Å². The average molecular weight is 244 g/mol. The van der Waals surface area contributed by atoms with Crippen molar-refractivity contribution in [1.82, 2.24) is 15.0 Å². The van der Waals surface area contributed by atoms with E-state index in [4.69, 9.17) is 0 Å². The van der Waals surface area contributed by atoms with E-state index in [9.17, 15) is 9.90 Å². The fourth-order valence-electron chi connectivity index (χ4n) is 1.59. The number of rotatable bonds is 2. The molecule has 0 fully saturated rings. The maximum absolute atomic E-state index is 11.3. The summed E-state index contributed by atoms with van der Waals surface area (Å²) >= 11 is 0. The molecular formula is C12H12N4O2. The van der Waals surface area contributed by atoms with Gasteiger partial charge in [0.05, 0.1) is 5.69 Å². The third-order valence-corrected chi connectivity index (χ3v) is 2.25. The summed E-state index contributed by atoms with van der Waals surface area (Å²) in [6.45, 7) is 3.40. The number of aryl methyl sites for hydroxylation is 2. The summed E-state index contributed by atoms with van der Waals surface area (Å²) in [7, 11) is 0. The highest BCUT2D eigenvalue weighted by molar-refractivity contribution is 5.92. The first-order valence-corrected chi connectivity index (χ1v) is 5.35. The topological polar surface area (TPSA) is 79.2 Å². The number of para-hydroxylation sites is 1. The second kappa shape index (κ2) is 4.79. The van der Waals surface area contributed by atoms with Crippen LogP contribution in [0.25, 0.3) is 0 Å². The Morgan fingerprint density at radius 2 is 1.61 bits per heavy atom. The standard InChI is InChI=1S/C12H12N4O2/c1-8-13-9(2)15-11(14-8)16(12(17)18)10-6-4-3-5-7-10/h3-7H,1-2H3,(H,17,18). The number of nitrogens with zero attached hydrogens (tertiary/aromatic N) is 4. The lowest BCUT2D eigenvalue weighted by molar-refractivity contribution is 0.204. The van der Waals surface area contributed by atoms with Crippen LogP contribution in [-0.2, 0) is 0 Å². The molecule has 0 aliphatic rings. The number of hydrogen-bond acceptors (Lipinski definition) is 4. The molecule has 0 bridgehead atoms. The second-order valence-corrected chi connectivity index (χ2v) is 3.68. The Morgan fingerprint density at radius 1 is 1.06 bits per heavy atom. The van der Waals surface area contributed by atoms with Crippen molar-refractivity contribution in [2.45, 2.75) is 13.8 Å². The van der Waals surface area contributed by atoms with E-state index in [1.807, 2.05) is 6.07 Å². The van der Waals surface area contributed by atoms with Gasteiger partial charge in [0.15, 0.2) is 0 Å². The first-order chi connectivity index (χ1) is 8.58. The first kappa shape index (κ1) is 12.0. The molecule has 0 spiro atoms. The third-order valence-electron chi connectivity index (χ3n) is 2.25. The Balaban J connectivity index is 2.52. The lowest BCUT2D eigenvalue weighted by Crippen LogP contribution is -2.26. The van der Waals surface area contributed by atoms with Gasteiger partial charge in [0, 0.05) is 0 Å². The maximum atomic E-state index is 11.3. The van der Waals surface area contributed by atoms with E-state index in [1.54, 1.807) is 38.1 Å². The van der Waals surface area contributed by atoms with Crippen molar-refractivity contribution >= 4 is 17.7 Å². The van der Waals surface area contributed by atoms with Crippen LogP contribution < -0.4 is 4.90 Å². The molecule has 1 N–H and O–H groups in total. The molecule has 0 radical (unpaired) electrons. The van der Waals surface area contributed by atoms with E-state index >= 15 is 0 Å². The van der Waals surface area contributed by atoms with Crippen LogP contribution in [0.4, 0.5) is 16.4 Å². The maximum Gasteiger partial charge on any atom is 0.418 e. The first-order valence-electron chi connectivity index (χ1n) is 5.35. The molecule has 0 saturated heterocycles. The molecule has 1 amide bonds. The zero-order valence-corrected chi connectivity index (χ0v) is 10.0. The Bertz CT molecular complexity index is 551. The molecule has 1 aromatic carbocycles. The molecule has 6 nitrogen and oxygen atoms in total. The number of amides is 1. The van der Waals surface area contributed by atoms with Crippen molar-refractivity contribution in [2.24, 2.45) is 0 Å². The Morgan fingerprint density at radius 3 is 2.11 bits per heavy atom. The van der Waals surface area contributed by atoms with Crippen LogP contribution in [0.5, 0.6) is 0 Å². The Labute approximate surface area is 104 Å². The van der Waals surface area contributed by atoms with Gasteiger partial charge in [-0.3, -0.25) is 0 Å². The van der Waals surface area contributed by atoms with Gasteiger partial charge in [-0.25, -0.2) is 14.7 Å². The highest BCUT2D eigenvalue weighted by Gasteiger charge is 2.20. The summed E-state index contributed by atoms with van der Waals surface area (Å²) in [4.78, 5) is 24.5.